The van der Waals surface area contributed by atoms with Crippen LogP contribution in [0.5, 0.6) is 0 Å². The highest BCUT2D eigenvalue weighted by molar-refractivity contribution is 5.76. The van der Waals surface area contributed by atoms with Crippen molar-refractivity contribution in [1.29, 1.82) is 0 Å². The Hall–Kier alpha value is -1.30. The van der Waals surface area contributed by atoms with Crippen LogP contribution in [0.2, 0.25) is 0 Å². The van der Waals surface area contributed by atoms with Crippen LogP contribution < -0.4 is 0 Å². The van der Waals surface area contributed by atoms with Gasteiger partial charge in [0.2, 0.25) is 0 Å². The van der Waals surface area contributed by atoms with Gasteiger partial charge in [0.1, 0.15) is 0 Å². The number of carboxylic acid groups (broad SMARTS) is 1. The van der Waals surface area contributed by atoms with Crippen LogP contribution in [0.25, 0.3) is 0 Å². The molecular weight excluding hydrogens is 272 g/mol. The van der Waals surface area contributed by atoms with Crippen LogP contribution in [0.3, 0.4) is 0 Å². The molecule has 1 saturated carbocycles. The number of amides is 2. The summed E-state index contributed by atoms with van der Waals surface area (Å²) in [5.74, 6) is -0.869. The van der Waals surface area contributed by atoms with Crippen molar-refractivity contribution < 1.29 is 19.4 Å². The lowest BCUT2D eigenvalue weighted by Gasteiger charge is -2.46. The molecule has 0 aromatic rings. The van der Waals surface area contributed by atoms with Gasteiger partial charge in [-0.3, -0.25) is 4.79 Å². The number of rotatable bonds is 4. The number of carbonyl (C=O) groups is 2. The number of hydrogen-bond donors (Lipinski definition) is 1. The first-order chi connectivity index (χ1) is 10.0. The standard InChI is InChI=1S/C15H26N2O4/c1-3-16(11(2)10-14(18)19)15(20)17-8-9-21-13-7-5-4-6-12(13)17/h11-13H,3-10H2,1-2H3,(H,18,19). The van der Waals surface area contributed by atoms with Crippen molar-refractivity contribution in [2.45, 2.75) is 64.1 Å². The summed E-state index contributed by atoms with van der Waals surface area (Å²) in [6, 6.07) is -0.164. The molecule has 0 radical (unpaired) electrons. The quantitative estimate of drug-likeness (QED) is 0.861. The Balaban J connectivity index is 2.06. The Labute approximate surface area is 126 Å². The molecule has 0 bridgehead atoms. The molecule has 2 rings (SSSR count). The van der Waals surface area contributed by atoms with E-state index in [1.165, 1.54) is 0 Å². The highest BCUT2D eigenvalue weighted by atomic mass is 16.5. The number of aliphatic carboxylic acids is 1. The first-order valence-electron chi connectivity index (χ1n) is 7.95. The molecule has 21 heavy (non-hydrogen) atoms. The first kappa shape index (κ1) is 16.1. The van der Waals surface area contributed by atoms with Gasteiger partial charge in [-0.2, -0.15) is 0 Å². The second kappa shape index (κ2) is 7.11. The van der Waals surface area contributed by atoms with Gasteiger partial charge >= 0.3 is 12.0 Å². The maximum absolute atomic E-state index is 12.8. The van der Waals surface area contributed by atoms with Gasteiger partial charge in [-0.05, 0) is 26.7 Å². The highest BCUT2D eigenvalue weighted by Gasteiger charge is 2.38. The van der Waals surface area contributed by atoms with E-state index in [4.69, 9.17) is 9.84 Å². The van der Waals surface area contributed by atoms with E-state index in [1.807, 2.05) is 11.8 Å². The van der Waals surface area contributed by atoms with E-state index in [1.54, 1.807) is 11.8 Å². The number of morpholine rings is 1. The van der Waals surface area contributed by atoms with Crippen LogP contribution in [0.15, 0.2) is 0 Å². The Bertz CT molecular complexity index is 386. The van der Waals surface area contributed by atoms with E-state index in [0.717, 1.165) is 25.7 Å². The molecule has 6 nitrogen and oxygen atoms in total. The van der Waals surface area contributed by atoms with Crippen LogP contribution in [-0.4, -0.2) is 64.8 Å². The van der Waals surface area contributed by atoms with Gasteiger partial charge in [0.05, 0.1) is 25.2 Å². The van der Waals surface area contributed by atoms with Crippen molar-refractivity contribution in [1.82, 2.24) is 9.80 Å². The number of carboxylic acids is 1. The predicted molar refractivity (Wildman–Crippen MR) is 78.2 cm³/mol. The van der Waals surface area contributed by atoms with E-state index >= 15 is 0 Å². The number of ether oxygens (including phenoxy) is 1. The van der Waals surface area contributed by atoms with Crippen molar-refractivity contribution in [3.63, 3.8) is 0 Å². The lowest BCUT2D eigenvalue weighted by Crippen LogP contribution is -2.59. The molecular formula is C15H26N2O4. The molecule has 120 valence electrons. The summed E-state index contributed by atoms with van der Waals surface area (Å²) in [6.07, 6.45) is 4.44. The SMILES string of the molecule is CCN(C(=O)N1CCOC2CCCCC21)C(C)CC(=O)O. The minimum atomic E-state index is -0.869. The Morgan fingerprint density at radius 2 is 2.10 bits per heavy atom. The van der Waals surface area contributed by atoms with Gasteiger partial charge in [0, 0.05) is 19.1 Å². The zero-order chi connectivity index (χ0) is 15.4. The fourth-order valence-electron chi connectivity index (χ4n) is 3.50. The van der Waals surface area contributed by atoms with Gasteiger partial charge in [0.25, 0.3) is 0 Å². The smallest absolute Gasteiger partial charge is 0.320 e. The van der Waals surface area contributed by atoms with E-state index in [9.17, 15) is 9.59 Å². The number of hydrogen-bond acceptors (Lipinski definition) is 3. The van der Waals surface area contributed by atoms with E-state index in [2.05, 4.69) is 0 Å². The molecule has 2 aliphatic rings. The highest BCUT2D eigenvalue weighted by Crippen LogP contribution is 2.29. The van der Waals surface area contributed by atoms with Crippen LogP contribution in [0, 0.1) is 0 Å². The number of urea groups is 1. The van der Waals surface area contributed by atoms with Gasteiger partial charge < -0.3 is 19.6 Å². The maximum Gasteiger partial charge on any atom is 0.320 e. The largest absolute Gasteiger partial charge is 0.481 e. The topological polar surface area (TPSA) is 70.1 Å². The normalized spacial score (nSPS) is 26.9. The van der Waals surface area contributed by atoms with E-state index < -0.39 is 5.97 Å². The number of fused-ring (bicyclic) bond motifs is 1. The van der Waals surface area contributed by atoms with Crippen LogP contribution >= 0.6 is 0 Å². The third-order valence-corrected chi connectivity index (χ3v) is 4.57. The molecule has 3 atom stereocenters. The molecule has 1 aliphatic heterocycles. The summed E-state index contributed by atoms with van der Waals surface area (Å²) < 4.78 is 5.79. The number of nitrogens with zero attached hydrogens (tertiary/aromatic N) is 2. The van der Waals surface area contributed by atoms with Crippen LogP contribution in [0.4, 0.5) is 4.79 Å². The summed E-state index contributed by atoms with van der Waals surface area (Å²) in [5.41, 5.74) is 0. The molecule has 2 fully saturated rings. The van der Waals surface area contributed by atoms with Crippen molar-refractivity contribution in [2.24, 2.45) is 0 Å². The monoisotopic (exact) mass is 298 g/mol. The fraction of sp³-hybridized carbons (Fsp3) is 0.867. The summed E-state index contributed by atoms with van der Waals surface area (Å²) >= 11 is 0. The van der Waals surface area contributed by atoms with Crippen LogP contribution in [0.1, 0.15) is 46.0 Å². The molecule has 1 heterocycles. The van der Waals surface area contributed by atoms with Crippen LogP contribution in [-0.2, 0) is 9.53 Å². The maximum atomic E-state index is 12.8. The zero-order valence-corrected chi connectivity index (χ0v) is 13.0. The van der Waals surface area contributed by atoms with Gasteiger partial charge in [0.15, 0.2) is 0 Å². The lowest BCUT2D eigenvalue weighted by molar-refractivity contribution is -0.138. The Kier molecular flexibility index (Phi) is 5.45. The molecule has 2 amide bonds. The molecule has 1 N–H and O–H groups in total. The zero-order valence-electron chi connectivity index (χ0n) is 13.0. The van der Waals surface area contributed by atoms with E-state index in [-0.39, 0.29) is 30.6 Å². The van der Waals surface area contributed by atoms with Crippen molar-refractivity contribution in [3.05, 3.63) is 0 Å². The molecule has 0 aromatic heterocycles. The Morgan fingerprint density at radius 3 is 2.76 bits per heavy atom. The Morgan fingerprint density at radius 1 is 1.38 bits per heavy atom. The van der Waals surface area contributed by atoms with Gasteiger partial charge in [-0.15, -0.1) is 0 Å². The molecule has 0 aromatic carbocycles. The third-order valence-electron chi connectivity index (χ3n) is 4.57. The first-order valence-corrected chi connectivity index (χ1v) is 7.95. The van der Waals surface area contributed by atoms with Gasteiger partial charge in [-0.25, -0.2) is 4.79 Å². The van der Waals surface area contributed by atoms with E-state index in [0.29, 0.717) is 19.7 Å². The minimum Gasteiger partial charge on any atom is -0.481 e. The molecule has 6 heteroatoms. The second-order valence-corrected chi connectivity index (χ2v) is 5.97. The predicted octanol–water partition coefficient (Wildman–Crippen LogP) is 1.93. The summed E-state index contributed by atoms with van der Waals surface area (Å²) in [6.45, 7) is 5.42. The van der Waals surface area contributed by atoms with Gasteiger partial charge in [-0.1, -0.05) is 12.8 Å². The third kappa shape index (κ3) is 3.67. The number of carbonyl (C=O) groups excluding carboxylic acids is 1. The summed E-state index contributed by atoms with van der Waals surface area (Å²) in [4.78, 5) is 27.3. The molecule has 1 saturated heterocycles. The van der Waals surface area contributed by atoms with Crippen molar-refractivity contribution in [2.75, 3.05) is 19.7 Å². The average Bonchev–Trinajstić information content (AvgIpc) is 2.46. The summed E-state index contributed by atoms with van der Waals surface area (Å²) in [5, 5.41) is 8.94. The van der Waals surface area contributed by atoms with Crippen molar-refractivity contribution >= 4 is 12.0 Å². The van der Waals surface area contributed by atoms with Crippen molar-refractivity contribution in [3.8, 4) is 0 Å². The summed E-state index contributed by atoms with van der Waals surface area (Å²) in [7, 11) is 0. The average molecular weight is 298 g/mol. The lowest BCUT2D eigenvalue weighted by atomic mass is 9.90. The molecule has 0 spiro atoms. The minimum absolute atomic E-state index is 0.0159. The molecule has 1 aliphatic carbocycles. The fourth-order valence-corrected chi connectivity index (χ4v) is 3.50. The second-order valence-electron chi connectivity index (χ2n) is 5.97. The molecule has 3 unspecified atom stereocenters.